The molecule has 2 N–H and O–H groups in total. The van der Waals surface area contributed by atoms with Gasteiger partial charge in [-0.1, -0.05) is 34.6 Å². The number of aliphatic hydroxyl groups is 1. The molecular weight excluding hydrogens is 739 g/mol. The number of ether oxygens (including phenoxy) is 4. The predicted octanol–water partition coefficient (Wildman–Crippen LogP) is 7.42. The van der Waals surface area contributed by atoms with E-state index < -0.39 is 0 Å². The minimum absolute atomic E-state index is 0.104. The van der Waals surface area contributed by atoms with Crippen LogP contribution in [0.25, 0.3) is 56.6 Å². The molecule has 0 radical (unpaired) electrons. The van der Waals surface area contributed by atoms with Gasteiger partial charge in [0.2, 0.25) is 11.6 Å². The Bertz CT molecular complexity index is 2510. The van der Waals surface area contributed by atoms with Gasteiger partial charge in [-0.2, -0.15) is 9.97 Å². The molecule has 3 aromatic heterocycles. The summed E-state index contributed by atoms with van der Waals surface area (Å²) in [7, 11) is 1.93. The summed E-state index contributed by atoms with van der Waals surface area (Å²) in [6, 6.07) is 23.5. The number of rotatable bonds is 18. The molecular formula is C44H47N7O7. The van der Waals surface area contributed by atoms with E-state index in [0.717, 1.165) is 62.9 Å². The molecule has 0 bridgehead atoms. The van der Waals surface area contributed by atoms with Crippen LogP contribution in [0, 0.1) is 0 Å². The Kier molecular flexibility index (Phi) is 11.6. The molecule has 4 aromatic carbocycles. The number of nitrogens with one attached hydrogen (secondary N) is 1. The van der Waals surface area contributed by atoms with Gasteiger partial charge in [0.15, 0.2) is 23.0 Å². The molecule has 0 spiro atoms. The van der Waals surface area contributed by atoms with Crippen molar-refractivity contribution in [3.63, 3.8) is 0 Å². The van der Waals surface area contributed by atoms with Gasteiger partial charge in [0.05, 0.1) is 33.0 Å². The molecule has 0 fully saturated rings. The number of hydrogen-bond donors (Lipinski definition) is 2. The predicted molar refractivity (Wildman–Crippen MR) is 221 cm³/mol. The van der Waals surface area contributed by atoms with Gasteiger partial charge >= 0.3 is 0 Å². The molecule has 0 aliphatic carbocycles. The zero-order valence-corrected chi connectivity index (χ0v) is 33.2. The van der Waals surface area contributed by atoms with Crippen LogP contribution in [-0.4, -0.2) is 83.1 Å². The highest BCUT2D eigenvalue weighted by Gasteiger charge is 2.25. The maximum absolute atomic E-state index is 9.50. The van der Waals surface area contributed by atoms with E-state index in [1.807, 2.05) is 88.5 Å². The number of nitrogens with zero attached hydrogens (tertiary/aromatic N) is 6. The van der Waals surface area contributed by atoms with Crippen molar-refractivity contribution >= 4 is 16.6 Å². The highest BCUT2D eigenvalue weighted by atomic mass is 16.5. The van der Waals surface area contributed by atoms with E-state index in [9.17, 15) is 5.11 Å². The Morgan fingerprint density at radius 3 is 2.00 bits per heavy atom. The summed E-state index contributed by atoms with van der Waals surface area (Å²) in [5.41, 5.74) is 7.65. The van der Waals surface area contributed by atoms with Crippen LogP contribution in [0.3, 0.4) is 0 Å². The van der Waals surface area contributed by atoms with Crippen molar-refractivity contribution in [3.8, 4) is 68.7 Å². The first-order chi connectivity index (χ1) is 28.5. The topological polar surface area (TPSA) is 155 Å². The molecule has 0 saturated carbocycles. The molecule has 8 rings (SSSR count). The summed E-state index contributed by atoms with van der Waals surface area (Å²) in [5, 5.41) is 22.6. The fourth-order valence-corrected chi connectivity index (χ4v) is 7.57. The van der Waals surface area contributed by atoms with Gasteiger partial charge in [-0.05, 0) is 93.9 Å². The van der Waals surface area contributed by atoms with E-state index >= 15 is 0 Å². The molecule has 0 saturated heterocycles. The summed E-state index contributed by atoms with van der Waals surface area (Å²) in [6.45, 7) is 10.4. The van der Waals surface area contributed by atoms with Crippen molar-refractivity contribution in [2.45, 2.75) is 40.3 Å². The van der Waals surface area contributed by atoms with Gasteiger partial charge in [-0.15, -0.1) is 0 Å². The first kappa shape index (κ1) is 38.5. The molecule has 7 aromatic rings. The molecule has 0 atom stereocenters. The number of fused-ring (bicyclic) bond motifs is 2. The van der Waals surface area contributed by atoms with Crippen molar-refractivity contribution in [1.82, 2.24) is 30.2 Å². The highest BCUT2D eigenvalue weighted by molar-refractivity contribution is 5.96. The Morgan fingerprint density at radius 1 is 0.724 bits per heavy atom. The standard InChI is InChI=1S/C44H47N7O7/c1-5-53-36-16-14-28(24-38(36)54-6-2)44-47-42(49-58-44)33-11-9-13-35-40(33)30(26-45-4)27-51(35)21-23-56-37-17-15-29(25-39(37)55-7-3)43-46-41(48-57-43)32-10-8-12-34-31(32)18-19-50(34)20-22-52/h8-17,24-25,27,45,52H,5-7,18-23,26H2,1-4H3. The van der Waals surface area contributed by atoms with E-state index in [2.05, 4.69) is 43.4 Å². The molecule has 300 valence electrons. The fraction of sp³-hybridized carbons (Fsp3) is 0.318. The van der Waals surface area contributed by atoms with Crippen molar-refractivity contribution in [2.75, 3.05) is 58.1 Å². The molecule has 14 heteroatoms. The van der Waals surface area contributed by atoms with Crippen LogP contribution in [0.15, 0.2) is 88.0 Å². The normalized spacial score (nSPS) is 12.3. The van der Waals surface area contributed by atoms with Crippen LogP contribution in [0.2, 0.25) is 0 Å². The lowest BCUT2D eigenvalue weighted by Gasteiger charge is -2.17. The van der Waals surface area contributed by atoms with E-state index in [4.69, 9.17) is 38.0 Å². The number of anilines is 1. The maximum Gasteiger partial charge on any atom is 0.258 e. The molecule has 0 unspecified atom stereocenters. The van der Waals surface area contributed by atoms with Gasteiger partial charge in [-0.3, -0.25) is 0 Å². The summed E-state index contributed by atoms with van der Waals surface area (Å²) in [5.74, 6) is 4.30. The SMILES string of the molecule is CCOc1ccc(-c2nc(-c3cccc4c3c(CNC)cn4CCOc3ccc(-c4nc(-c5cccc6c5CCN6CCO)no4)cc3OCC)no2)cc1OCC. The fourth-order valence-electron chi connectivity index (χ4n) is 7.57. The number of benzene rings is 4. The summed E-state index contributed by atoms with van der Waals surface area (Å²) in [4.78, 5) is 11.8. The van der Waals surface area contributed by atoms with Crippen LogP contribution >= 0.6 is 0 Å². The zero-order chi connectivity index (χ0) is 40.0. The lowest BCUT2D eigenvalue weighted by atomic mass is 10.0. The largest absolute Gasteiger partial charge is 0.490 e. The number of aromatic nitrogens is 5. The lowest BCUT2D eigenvalue weighted by Crippen LogP contribution is -2.23. The van der Waals surface area contributed by atoms with E-state index in [1.165, 1.54) is 0 Å². The Morgan fingerprint density at radius 2 is 1.34 bits per heavy atom. The van der Waals surface area contributed by atoms with Gasteiger partial charge in [0, 0.05) is 64.7 Å². The molecule has 14 nitrogen and oxygen atoms in total. The van der Waals surface area contributed by atoms with Crippen LogP contribution < -0.4 is 29.2 Å². The van der Waals surface area contributed by atoms with Crippen LogP contribution in [0.1, 0.15) is 31.9 Å². The summed E-state index contributed by atoms with van der Waals surface area (Å²) in [6.07, 6.45) is 3.00. The van der Waals surface area contributed by atoms with Crippen LogP contribution in [0.4, 0.5) is 5.69 Å². The first-order valence-electron chi connectivity index (χ1n) is 19.7. The van der Waals surface area contributed by atoms with Gasteiger partial charge in [-0.25, -0.2) is 0 Å². The molecule has 58 heavy (non-hydrogen) atoms. The van der Waals surface area contributed by atoms with Crippen LogP contribution in [0.5, 0.6) is 23.0 Å². The quantitative estimate of drug-likeness (QED) is 0.0887. The van der Waals surface area contributed by atoms with E-state index in [-0.39, 0.29) is 6.61 Å². The van der Waals surface area contributed by atoms with Crippen molar-refractivity contribution < 1.29 is 33.1 Å². The second-order valence-corrected chi connectivity index (χ2v) is 13.7. The first-order valence-corrected chi connectivity index (χ1v) is 19.7. The van der Waals surface area contributed by atoms with Crippen molar-refractivity contribution in [1.29, 1.82) is 0 Å². The second-order valence-electron chi connectivity index (χ2n) is 13.7. The third kappa shape index (κ3) is 7.68. The number of hydrogen-bond acceptors (Lipinski definition) is 13. The highest BCUT2D eigenvalue weighted by Crippen LogP contribution is 2.38. The number of β-amino-alcohol motifs (C(OH)–C–C–N with tert-alkyl or cyclic N) is 1. The molecule has 4 heterocycles. The lowest BCUT2D eigenvalue weighted by molar-refractivity contribution is 0.267. The van der Waals surface area contributed by atoms with E-state index in [1.54, 1.807) is 0 Å². The molecule has 1 aliphatic heterocycles. The summed E-state index contributed by atoms with van der Waals surface area (Å²) >= 11 is 0. The molecule has 0 amide bonds. The van der Waals surface area contributed by atoms with Gasteiger partial charge < -0.3 is 47.9 Å². The van der Waals surface area contributed by atoms with Crippen LogP contribution in [-0.2, 0) is 19.5 Å². The Hall–Kier alpha value is -6.38. The average Bonchev–Trinajstić information content (AvgIpc) is 4.07. The zero-order valence-electron chi connectivity index (χ0n) is 33.2. The Balaban J connectivity index is 1.00. The average molecular weight is 786 g/mol. The van der Waals surface area contributed by atoms with E-state index in [0.29, 0.717) is 92.5 Å². The monoisotopic (exact) mass is 785 g/mol. The second kappa shape index (κ2) is 17.4. The van der Waals surface area contributed by atoms with Crippen molar-refractivity contribution in [3.05, 3.63) is 90.1 Å². The van der Waals surface area contributed by atoms with Gasteiger partial charge in [0.1, 0.15) is 6.61 Å². The van der Waals surface area contributed by atoms with Crippen molar-refractivity contribution in [2.24, 2.45) is 0 Å². The minimum Gasteiger partial charge on any atom is -0.490 e. The molecule has 1 aliphatic rings. The van der Waals surface area contributed by atoms with Gasteiger partial charge in [0.25, 0.3) is 11.8 Å². The smallest absolute Gasteiger partial charge is 0.258 e. The summed E-state index contributed by atoms with van der Waals surface area (Å²) < 4.78 is 37.7. The third-order valence-electron chi connectivity index (χ3n) is 10.0. The minimum atomic E-state index is 0.104. The Labute approximate surface area is 336 Å². The third-order valence-corrected chi connectivity index (χ3v) is 10.0. The number of aliphatic hydroxyl groups excluding tert-OH is 1. The maximum atomic E-state index is 9.50.